The van der Waals surface area contributed by atoms with Crippen molar-refractivity contribution in [2.24, 2.45) is 5.73 Å². The molecule has 0 radical (unpaired) electrons. The highest BCUT2D eigenvalue weighted by molar-refractivity contribution is 7.47. The van der Waals surface area contributed by atoms with E-state index in [1.807, 2.05) is 48.5 Å². The molecule has 0 amide bonds. The van der Waals surface area contributed by atoms with Crippen molar-refractivity contribution < 1.29 is 52.5 Å². The number of carboxylic acid groups (broad SMARTS) is 1. The van der Waals surface area contributed by atoms with Gasteiger partial charge in [0.1, 0.15) is 36.9 Å². The Morgan fingerprint density at radius 2 is 1.73 bits per heavy atom. The predicted octanol–water partition coefficient (Wildman–Crippen LogP) is 3.61. The summed E-state index contributed by atoms with van der Waals surface area (Å²) in [5.41, 5.74) is 6.93. The number of carbonyl (C=O) groups is 2. The molecule has 2 rings (SSSR count). The first-order chi connectivity index (χ1) is 19.6. The molecule has 12 nitrogen and oxygen atoms in total. The summed E-state index contributed by atoms with van der Waals surface area (Å²) >= 11 is 0. The summed E-state index contributed by atoms with van der Waals surface area (Å²) < 4.78 is 37.6. The number of hydrogen-bond donors (Lipinski definition) is 4. The van der Waals surface area contributed by atoms with E-state index in [1.54, 1.807) is 0 Å². The van der Waals surface area contributed by atoms with E-state index in [2.05, 4.69) is 16.0 Å². The quantitative estimate of drug-likeness (QED) is 0.0933. The van der Waals surface area contributed by atoms with Gasteiger partial charge in [-0.3, -0.25) is 18.6 Å². The highest BCUT2D eigenvalue weighted by Gasteiger charge is 2.26. The van der Waals surface area contributed by atoms with Crippen LogP contribution in [0.25, 0.3) is 0 Å². The van der Waals surface area contributed by atoms with E-state index in [0.717, 1.165) is 29.7 Å². The third-order valence-electron chi connectivity index (χ3n) is 5.73. The first kappa shape index (κ1) is 34.2. The number of carbonyl (C=O) groups excluding carboxylic acids is 1. The van der Waals surface area contributed by atoms with Crippen LogP contribution >= 0.6 is 7.82 Å². The van der Waals surface area contributed by atoms with E-state index in [1.165, 1.54) is 12.8 Å². The van der Waals surface area contributed by atoms with Gasteiger partial charge in [-0.2, -0.15) is 0 Å². The fraction of sp³-hybridized carbons (Fsp3) is 0.500. The van der Waals surface area contributed by atoms with E-state index in [0.29, 0.717) is 25.4 Å². The van der Waals surface area contributed by atoms with Crippen LogP contribution in [0.15, 0.2) is 48.5 Å². The number of aliphatic carboxylic acids is 1. The Morgan fingerprint density at radius 3 is 2.49 bits per heavy atom. The topological polar surface area (TPSA) is 184 Å². The third kappa shape index (κ3) is 14.5. The minimum atomic E-state index is -4.65. The summed E-state index contributed by atoms with van der Waals surface area (Å²) in [5, 5.41) is 18.6. The van der Waals surface area contributed by atoms with Gasteiger partial charge < -0.3 is 35.1 Å². The number of esters is 1. The van der Waals surface area contributed by atoms with E-state index < -0.39 is 51.7 Å². The standard InChI is InChI=1S/C28H40NO11P/c1-2-3-4-7-15-36-24-11-8-9-21(16-24)17-37-26-12-6-5-10-22(26)13-14-27(31)38-18-23(30)19-39-41(34,35)40-20-25(29)28(32)33/h5-6,8-12,16,23,25,30H,2-4,7,13-15,17-20,29H2,1H3,(H,32,33)(H,34,35)/t23-,25+/m1/s1. The number of carboxylic acids is 1. The lowest BCUT2D eigenvalue weighted by Crippen LogP contribution is -2.34. The molecule has 0 saturated carbocycles. The lowest BCUT2D eigenvalue weighted by atomic mass is 10.1. The zero-order valence-electron chi connectivity index (χ0n) is 23.2. The van der Waals surface area contributed by atoms with Gasteiger partial charge in [0.2, 0.25) is 0 Å². The number of ether oxygens (including phenoxy) is 3. The molecule has 5 N–H and O–H groups in total. The number of phosphoric ester groups is 1. The van der Waals surface area contributed by atoms with Crippen molar-refractivity contribution in [1.29, 1.82) is 0 Å². The highest BCUT2D eigenvalue weighted by Crippen LogP contribution is 2.43. The van der Waals surface area contributed by atoms with Crippen LogP contribution in [-0.4, -0.2) is 65.6 Å². The molecule has 41 heavy (non-hydrogen) atoms. The number of rotatable bonds is 21. The molecule has 1 unspecified atom stereocenters. The molecule has 228 valence electrons. The van der Waals surface area contributed by atoms with Crippen LogP contribution in [0.1, 0.15) is 50.2 Å². The van der Waals surface area contributed by atoms with Crippen LogP contribution in [0, 0.1) is 0 Å². The molecule has 0 bridgehead atoms. The molecule has 13 heteroatoms. The molecule has 2 aromatic rings. The third-order valence-corrected chi connectivity index (χ3v) is 6.68. The summed E-state index contributed by atoms with van der Waals surface area (Å²) in [6, 6.07) is 13.5. The van der Waals surface area contributed by atoms with Crippen LogP contribution in [0.2, 0.25) is 0 Å². The van der Waals surface area contributed by atoms with Gasteiger partial charge in [0.05, 0.1) is 19.8 Å². The molecule has 0 aliphatic carbocycles. The number of aliphatic hydroxyl groups is 1. The first-order valence-electron chi connectivity index (χ1n) is 13.5. The molecule has 0 heterocycles. The fourth-order valence-corrected chi connectivity index (χ4v) is 4.25. The minimum Gasteiger partial charge on any atom is -0.494 e. The van der Waals surface area contributed by atoms with Crippen molar-refractivity contribution in [2.75, 3.05) is 26.4 Å². The monoisotopic (exact) mass is 597 g/mol. The van der Waals surface area contributed by atoms with Crippen molar-refractivity contribution in [1.82, 2.24) is 0 Å². The Hall–Kier alpha value is -2.99. The van der Waals surface area contributed by atoms with Gasteiger partial charge in [0.25, 0.3) is 0 Å². The lowest BCUT2D eigenvalue weighted by Gasteiger charge is -2.16. The molecule has 3 atom stereocenters. The maximum Gasteiger partial charge on any atom is 0.472 e. The van der Waals surface area contributed by atoms with Gasteiger partial charge in [-0.1, -0.05) is 56.5 Å². The van der Waals surface area contributed by atoms with Crippen LogP contribution < -0.4 is 15.2 Å². The molecule has 2 aromatic carbocycles. The Labute approximate surface area is 239 Å². The van der Waals surface area contributed by atoms with Crippen molar-refractivity contribution in [3.05, 3.63) is 59.7 Å². The number of aryl methyl sites for hydroxylation is 1. The van der Waals surface area contributed by atoms with Gasteiger partial charge in [-0.05, 0) is 42.2 Å². The molecule has 0 saturated heterocycles. The molecule has 0 spiro atoms. The number of hydrogen-bond acceptors (Lipinski definition) is 10. The molecule has 0 aliphatic heterocycles. The fourth-order valence-electron chi connectivity index (χ4n) is 3.47. The zero-order valence-corrected chi connectivity index (χ0v) is 24.1. The zero-order chi connectivity index (χ0) is 30.1. The Morgan fingerprint density at radius 1 is 0.976 bits per heavy atom. The average Bonchev–Trinajstić information content (AvgIpc) is 2.96. The van der Waals surface area contributed by atoms with E-state index >= 15 is 0 Å². The SMILES string of the molecule is CCCCCCOc1cccc(COc2ccccc2CCC(=O)OC[C@@H](O)COP(=O)(O)OC[C@H](N)C(=O)O)c1. The Balaban J connectivity index is 1.74. The summed E-state index contributed by atoms with van der Waals surface area (Å²) in [5.74, 6) is -0.600. The van der Waals surface area contributed by atoms with Gasteiger partial charge in [-0.25, -0.2) is 4.57 Å². The number of aliphatic hydroxyl groups excluding tert-OH is 1. The highest BCUT2D eigenvalue weighted by atomic mass is 31.2. The van der Waals surface area contributed by atoms with Gasteiger partial charge in [0.15, 0.2) is 0 Å². The normalized spacial score (nSPS) is 14.0. The van der Waals surface area contributed by atoms with E-state index in [9.17, 15) is 24.2 Å². The van der Waals surface area contributed by atoms with Crippen molar-refractivity contribution >= 4 is 19.8 Å². The lowest BCUT2D eigenvalue weighted by molar-refractivity contribution is -0.147. The van der Waals surface area contributed by atoms with Crippen molar-refractivity contribution in [2.45, 2.75) is 64.2 Å². The van der Waals surface area contributed by atoms with E-state index in [4.69, 9.17) is 25.1 Å². The second kappa shape index (κ2) is 18.4. The summed E-state index contributed by atoms with van der Waals surface area (Å²) in [7, 11) is -4.65. The predicted molar refractivity (Wildman–Crippen MR) is 149 cm³/mol. The molecule has 0 aromatic heterocycles. The maximum atomic E-state index is 12.2. The number of nitrogens with two attached hydrogens (primary N) is 1. The van der Waals surface area contributed by atoms with Gasteiger partial charge in [-0.15, -0.1) is 0 Å². The maximum absolute atomic E-state index is 12.2. The average molecular weight is 598 g/mol. The van der Waals surface area contributed by atoms with Crippen LogP contribution in [0.5, 0.6) is 11.5 Å². The smallest absolute Gasteiger partial charge is 0.472 e. The Bertz CT molecular complexity index is 1130. The molecule has 0 fully saturated rings. The van der Waals surface area contributed by atoms with Crippen LogP contribution in [0.4, 0.5) is 0 Å². The second-order valence-electron chi connectivity index (χ2n) is 9.29. The number of benzene rings is 2. The number of para-hydroxylation sites is 1. The van der Waals surface area contributed by atoms with Crippen molar-refractivity contribution in [3.8, 4) is 11.5 Å². The molecule has 0 aliphatic rings. The summed E-state index contributed by atoms with van der Waals surface area (Å²) in [6.07, 6.45) is 3.46. The van der Waals surface area contributed by atoms with Gasteiger partial charge >= 0.3 is 19.8 Å². The number of phosphoric acid groups is 1. The van der Waals surface area contributed by atoms with Crippen LogP contribution in [0.3, 0.4) is 0 Å². The van der Waals surface area contributed by atoms with Crippen molar-refractivity contribution in [3.63, 3.8) is 0 Å². The largest absolute Gasteiger partial charge is 0.494 e. The van der Waals surface area contributed by atoms with E-state index in [-0.39, 0.29) is 6.42 Å². The minimum absolute atomic E-state index is 0.00396. The first-order valence-corrected chi connectivity index (χ1v) is 15.0. The summed E-state index contributed by atoms with van der Waals surface area (Å²) in [4.78, 5) is 32.4. The number of unbranched alkanes of at least 4 members (excludes halogenated alkanes) is 3. The van der Waals surface area contributed by atoms with Crippen LogP contribution in [-0.2, 0) is 41.0 Å². The van der Waals surface area contributed by atoms with Gasteiger partial charge in [0, 0.05) is 6.42 Å². The second-order valence-corrected chi connectivity index (χ2v) is 10.7. The Kier molecular flexibility index (Phi) is 15.4. The molecular formula is C28H40NO11P. The molecular weight excluding hydrogens is 557 g/mol. The summed E-state index contributed by atoms with van der Waals surface area (Å²) in [6.45, 7) is 1.23.